The number of anilines is 1. The zero-order chi connectivity index (χ0) is 18.0. The number of nitrogens with two attached hydrogens (primary N) is 1. The van der Waals surface area contributed by atoms with Crippen molar-refractivity contribution in [3.8, 4) is 0 Å². The molecular formula is C9H16N3O10P. The van der Waals surface area contributed by atoms with Gasteiger partial charge in [-0.2, -0.15) is 4.98 Å². The molecule has 0 saturated carbocycles. The summed E-state index contributed by atoms with van der Waals surface area (Å²) in [6.07, 6.45) is -3.49. The minimum Gasteiger partial charge on any atom is -0.394 e. The first-order chi connectivity index (χ1) is 10.4. The minimum absolute atomic E-state index is 0.0633. The maximum absolute atomic E-state index is 11.6. The van der Waals surface area contributed by atoms with Gasteiger partial charge < -0.3 is 45.6 Å². The number of hydrogen-bond acceptors (Lipinski definition) is 9. The fourth-order valence-electron chi connectivity index (χ4n) is 1.79. The lowest BCUT2D eigenvalue weighted by Crippen LogP contribution is -2.50. The smallest absolute Gasteiger partial charge is 0.394 e. The highest BCUT2D eigenvalue weighted by molar-refractivity contribution is 7.45. The van der Waals surface area contributed by atoms with Crippen LogP contribution in [0.25, 0.3) is 0 Å². The molecule has 0 aromatic carbocycles. The maximum atomic E-state index is 11.6. The highest BCUT2D eigenvalue weighted by atomic mass is 31.2. The van der Waals surface area contributed by atoms with Crippen molar-refractivity contribution in [1.29, 1.82) is 0 Å². The van der Waals surface area contributed by atoms with Gasteiger partial charge in [0.25, 0.3) is 5.91 Å². The van der Waals surface area contributed by atoms with Crippen LogP contribution < -0.4 is 11.4 Å². The first kappa shape index (κ1) is 19.6. The van der Waals surface area contributed by atoms with Gasteiger partial charge in [-0.15, -0.1) is 0 Å². The van der Waals surface area contributed by atoms with Crippen molar-refractivity contribution >= 4 is 13.6 Å². The Labute approximate surface area is 128 Å². The van der Waals surface area contributed by atoms with Crippen molar-refractivity contribution in [3.05, 3.63) is 22.7 Å². The van der Waals surface area contributed by atoms with E-state index in [1.54, 1.807) is 0 Å². The number of nitrogen functional groups attached to an aromatic ring is 1. The summed E-state index contributed by atoms with van der Waals surface area (Å²) < 4.78 is 14.4. The van der Waals surface area contributed by atoms with E-state index >= 15 is 0 Å². The van der Waals surface area contributed by atoms with Crippen LogP contribution in [-0.4, -0.2) is 69.6 Å². The van der Waals surface area contributed by atoms with E-state index in [0.29, 0.717) is 4.57 Å². The standard InChI is InChI=1S/C9H13N3O6.H3O4P/c10-5-1-2-12(8(16)11-5)9(17)7(15)6(14)4(3-13)18-9;1-5(2,3)4/h1-2,4,6-7,13-15,17H,3H2,(H2,10,11,16);(H3,1,2,3,4)/t4-,6-,7-,9-;/m1./s1. The first-order valence-electron chi connectivity index (χ1n) is 5.91. The van der Waals surface area contributed by atoms with E-state index in [1.165, 1.54) is 6.07 Å². The molecule has 1 aliphatic rings. The molecule has 14 heteroatoms. The molecular weight excluding hydrogens is 341 g/mol. The number of phosphoric acid groups is 1. The van der Waals surface area contributed by atoms with Crippen LogP contribution >= 0.6 is 7.82 Å². The second-order valence-electron chi connectivity index (χ2n) is 4.45. The molecule has 132 valence electrons. The van der Waals surface area contributed by atoms with Gasteiger partial charge in [-0.05, 0) is 6.07 Å². The third-order valence-corrected chi connectivity index (χ3v) is 2.76. The van der Waals surface area contributed by atoms with Crippen LogP contribution in [-0.2, 0) is 15.2 Å². The summed E-state index contributed by atoms with van der Waals surface area (Å²) in [5, 5.41) is 38.3. The SMILES string of the molecule is Nc1ccn([C@]2(O)O[C@H](CO)[C@@H](O)[C@H]2O)c(=O)n1.O=P(O)(O)O. The summed E-state index contributed by atoms with van der Waals surface area (Å²) in [5.41, 5.74) is 4.33. The number of rotatable bonds is 2. The molecule has 0 unspecified atom stereocenters. The summed E-state index contributed by atoms with van der Waals surface area (Å²) in [6.45, 7) is -0.627. The third-order valence-electron chi connectivity index (χ3n) is 2.76. The summed E-state index contributed by atoms with van der Waals surface area (Å²) in [6, 6.07) is 1.22. The molecule has 1 saturated heterocycles. The number of ether oxygens (including phenoxy) is 1. The van der Waals surface area contributed by atoms with Crippen LogP contribution in [0.1, 0.15) is 0 Å². The summed E-state index contributed by atoms with van der Waals surface area (Å²) >= 11 is 0. The van der Waals surface area contributed by atoms with E-state index in [-0.39, 0.29) is 5.82 Å². The van der Waals surface area contributed by atoms with E-state index < -0.39 is 44.3 Å². The molecule has 9 N–H and O–H groups in total. The zero-order valence-corrected chi connectivity index (χ0v) is 12.3. The van der Waals surface area contributed by atoms with Crippen LogP contribution in [0, 0.1) is 0 Å². The van der Waals surface area contributed by atoms with Gasteiger partial charge >= 0.3 is 13.5 Å². The molecule has 1 aromatic rings. The molecule has 1 aliphatic heterocycles. The van der Waals surface area contributed by atoms with Crippen molar-refractivity contribution in [2.45, 2.75) is 24.2 Å². The number of aromatic nitrogens is 2. The molecule has 0 radical (unpaired) electrons. The highest BCUT2D eigenvalue weighted by Crippen LogP contribution is 2.32. The Balaban J connectivity index is 0.000000463. The molecule has 0 bridgehead atoms. The van der Waals surface area contributed by atoms with Gasteiger partial charge in [0.1, 0.15) is 18.0 Å². The number of hydrogen-bond donors (Lipinski definition) is 8. The normalized spacial score (nSPS) is 30.7. The Bertz CT molecular complexity index is 638. The van der Waals surface area contributed by atoms with Gasteiger partial charge in [-0.25, -0.2) is 13.9 Å². The maximum Gasteiger partial charge on any atom is 0.466 e. The van der Waals surface area contributed by atoms with Crippen LogP contribution in [0.4, 0.5) is 5.82 Å². The van der Waals surface area contributed by atoms with E-state index in [0.717, 1.165) is 6.20 Å². The highest BCUT2D eigenvalue weighted by Gasteiger charge is 2.55. The van der Waals surface area contributed by atoms with E-state index in [2.05, 4.69) is 4.98 Å². The van der Waals surface area contributed by atoms with E-state index in [1.807, 2.05) is 0 Å². The first-order valence-corrected chi connectivity index (χ1v) is 7.47. The molecule has 2 rings (SSSR count). The lowest BCUT2D eigenvalue weighted by Gasteiger charge is -2.27. The van der Waals surface area contributed by atoms with Crippen molar-refractivity contribution in [3.63, 3.8) is 0 Å². The molecule has 0 aliphatic carbocycles. The molecule has 1 fully saturated rings. The summed E-state index contributed by atoms with van der Waals surface area (Å²) in [4.78, 5) is 36.5. The summed E-state index contributed by atoms with van der Waals surface area (Å²) in [5.74, 6) is -2.56. The van der Waals surface area contributed by atoms with Crippen molar-refractivity contribution in [2.75, 3.05) is 12.3 Å². The summed E-state index contributed by atoms with van der Waals surface area (Å²) in [7, 11) is -4.64. The van der Waals surface area contributed by atoms with Crippen LogP contribution in [0.3, 0.4) is 0 Å². The number of aliphatic hydroxyl groups is 4. The molecule has 0 amide bonds. The van der Waals surface area contributed by atoms with Gasteiger partial charge in [-0.3, -0.25) is 0 Å². The van der Waals surface area contributed by atoms with Gasteiger partial charge in [0.05, 0.1) is 6.61 Å². The third kappa shape index (κ3) is 4.78. The van der Waals surface area contributed by atoms with Crippen LogP contribution in [0.15, 0.2) is 17.1 Å². The van der Waals surface area contributed by atoms with Gasteiger partial charge in [-0.1, -0.05) is 0 Å². The van der Waals surface area contributed by atoms with Gasteiger partial charge in [0.15, 0.2) is 6.10 Å². The Hall–Kier alpha value is -1.41. The zero-order valence-electron chi connectivity index (χ0n) is 11.4. The van der Waals surface area contributed by atoms with Crippen molar-refractivity contribution in [1.82, 2.24) is 9.55 Å². The largest absolute Gasteiger partial charge is 0.466 e. The fourth-order valence-corrected chi connectivity index (χ4v) is 1.79. The lowest BCUT2D eigenvalue weighted by molar-refractivity contribution is -0.291. The Morgan fingerprint density at radius 1 is 1.39 bits per heavy atom. The number of nitrogens with zero attached hydrogens (tertiary/aromatic N) is 2. The van der Waals surface area contributed by atoms with Gasteiger partial charge in [0, 0.05) is 6.20 Å². The Kier molecular flexibility index (Phi) is 5.98. The van der Waals surface area contributed by atoms with Crippen LogP contribution in [0.5, 0.6) is 0 Å². The quantitative estimate of drug-likeness (QED) is 0.235. The molecule has 2 heterocycles. The monoisotopic (exact) mass is 357 g/mol. The number of aliphatic hydroxyl groups excluding tert-OH is 3. The molecule has 13 nitrogen and oxygen atoms in total. The second-order valence-corrected chi connectivity index (χ2v) is 5.48. The molecule has 23 heavy (non-hydrogen) atoms. The molecule has 1 aromatic heterocycles. The van der Waals surface area contributed by atoms with Crippen LogP contribution in [0.2, 0.25) is 0 Å². The van der Waals surface area contributed by atoms with Crippen molar-refractivity contribution in [2.24, 2.45) is 0 Å². The van der Waals surface area contributed by atoms with Gasteiger partial charge in [0.2, 0.25) is 0 Å². The Morgan fingerprint density at radius 2 is 1.91 bits per heavy atom. The Morgan fingerprint density at radius 3 is 2.30 bits per heavy atom. The average Bonchev–Trinajstić information content (AvgIpc) is 2.61. The predicted molar refractivity (Wildman–Crippen MR) is 71.3 cm³/mol. The lowest BCUT2D eigenvalue weighted by atomic mass is 10.1. The predicted octanol–water partition coefficient (Wildman–Crippen LogP) is -4.39. The van der Waals surface area contributed by atoms with Crippen molar-refractivity contribution < 1.29 is 44.4 Å². The average molecular weight is 357 g/mol. The fraction of sp³-hybridized carbons (Fsp3) is 0.556. The second kappa shape index (κ2) is 7.00. The minimum atomic E-state index is -4.64. The molecule has 0 spiro atoms. The topological polar surface area (TPSA) is 229 Å². The van der Waals surface area contributed by atoms with E-state index in [4.69, 9.17) is 34.8 Å². The molecule has 4 atom stereocenters. The van der Waals surface area contributed by atoms with E-state index in [9.17, 15) is 20.1 Å².